The molecule has 1 aliphatic heterocycles. The second-order valence-electron chi connectivity index (χ2n) is 8.25. The van der Waals surface area contributed by atoms with E-state index in [0.29, 0.717) is 5.69 Å². The van der Waals surface area contributed by atoms with Gasteiger partial charge in [0, 0.05) is 32.7 Å². The van der Waals surface area contributed by atoms with Crippen molar-refractivity contribution in [1.82, 2.24) is 24.9 Å². The molecule has 5 rings (SSSR count). The standard InChI is InChI=1S/C22H26N6O2S/c29-31(30,21-9-10-21)17-18-5-4-8-22(23-18)27-13-11-26(12-14-27)15-19-16-28(25-24-19)20-6-2-1-3-7-20/h1-8,16,21H,9-15,17H2. The van der Waals surface area contributed by atoms with E-state index in [0.717, 1.165) is 62.8 Å². The number of hydrogen-bond acceptors (Lipinski definition) is 7. The lowest BCUT2D eigenvalue weighted by Gasteiger charge is -2.35. The van der Waals surface area contributed by atoms with Crippen LogP contribution in [0.3, 0.4) is 0 Å². The van der Waals surface area contributed by atoms with Crippen LogP contribution in [0.2, 0.25) is 0 Å². The number of benzene rings is 1. The van der Waals surface area contributed by atoms with Crippen LogP contribution in [0.5, 0.6) is 0 Å². The fourth-order valence-electron chi connectivity index (χ4n) is 3.92. The van der Waals surface area contributed by atoms with Crippen LogP contribution >= 0.6 is 0 Å². The molecule has 1 aliphatic carbocycles. The van der Waals surface area contributed by atoms with Gasteiger partial charge in [0.2, 0.25) is 0 Å². The van der Waals surface area contributed by atoms with Gasteiger partial charge in [-0.25, -0.2) is 18.1 Å². The minimum Gasteiger partial charge on any atom is -0.354 e. The molecule has 2 aromatic heterocycles. The third kappa shape index (κ3) is 4.77. The van der Waals surface area contributed by atoms with E-state index in [1.54, 1.807) is 4.68 Å². The lowest BCUT2D eigenvalue weighted by molar-refractivity contribution is 0.246. The van der Waals surface area contributed by atoms with Gasteiger partial charge in [0.15, 0.2) is 9.84 Å². The second-order valence-corrected chi connectivity index (χ2v) is 10.5. The van der Waals surface area contributed by atoms with Crippen molar-refractivity contribution in [2.45, 2.75) is 30.4 Å². The Kier molecular flexibility index (Phi) is 5.45. The molecule has 0 unspecified atom stereocenters. The van der Waals surface area contributed by atoms with Crippen LogP contribution in [0.1, 0.15) is 24.2 Å². The Morgan fingerprint density at radius 3 is 2.42 bits per heavy atom. The first-order valence-corrected chi connectivity index (χ1v) is 12.4. The molecule has 0 atom stereocenters. The van der Waals surface area contributed by atoms with Crippen LogP contribution in [0.25, 0.3) is 5.69 Å². The highest BCUT2D eigenvalue weighted by Gasteiger charge is 2.35. The number of anilines is 1. The van der Waals surface area contributed by atoms with Gasteiger partial charge < -0.3 is 4.90 Å². The Balaban J connectivity index is 1.17. The fourth-order valence-corrected chi connectivity index (χ4v) is 5.58. The van der Waals surface area contributed by atoms with Crippen molar-refractivity contribution in [3.8, 4) is 5.69 Å². The molecule has 31 heavy (non-hydrogen) atoms. The normalized spacial score (nSPS) is 17.7. The molecule has 1 saturated heterocycles. The van der Waals surface area contributed by atoms with Gasteiger partial charge >= 0.3 is 0 Å². The summed E-state index contributed by atoms with van der Waals surface area (Å²) in [6.07, 6.45) is 3.57. The minimum absolute atomic E-state index is 0.0442. The van der Waals surface area contributed by atoms with Crippen molar-refractivity contribution in [1.29, 1.82) is 0 Å². The average Bonchev–Trinajstić information content (AvgIpc) is 3.56. The highest BCUT2D eigenvalue weighted by Crippen LogP contribution is 2.30. The van der Waals surface area contributed by atoms with Gasteiger partial charge in [-0.05, 0) is 37.1 Å². The maximum absolute atomic E-state index is 12.3. The van der Waals surface area contributed by atoms with E-state index < -0.39 is 9.84 Å². The molecule has 0 bridgehead atoms. The van der Waals surface area contributed by atoms with E-state index in [4.69, 9.17) is 0 Å². The number of rotatable bonds is 7. The first kappa shape index (κ1) is 20.1. The Hall–Kier alpha value is -2.78. The van der Waals surface area contributed by atoms with Crippen LogP contribution < -0.4 is 4.90 Å². The molecule has 1 saturated carbocycles. The predicted molar refractivity (Wildman–Crippen MR) is 119 cm³/mol. The number of sulfone groups is 1. The number of pyridine rings is 1. The molecule has 2 aliphatic rings. The molecule has 3 heterocycles. The van der Waals surface area contributed by atoms with E-state index in [2.05, 4.69) is 25.1 Å². The SMILES string of the molecule is O=S(=O)(Cc1cccc(N2CCN(Cc3cn(-c4ccccc4)nn3)CC2)n1)C1CC1. The maximum atomic E-state index is 12.3. The van der Waals surface area contributed by atoms with Crippen molar-refractivity contribution in [2.24, 2.45) is 0 Å². The number of hydrogen-bond donors (Lipinski definition) is 0. The quantitative estimate of drug-likeness (QED) is 0.558. The minimum atomic E-state index is -3.05. The molecule has 1 aromatic carbocycles. The number of para-hydroxylation sites is 1. The Morgan fingerprint density at radius 1 is 0.903 bits per heavy atom. The molecule has 8 nitrogen and oxygen atoms in total. The summed E-state index contributed by atoms with van der Waals surface area (Å²) in [5.41, 5.74) is 2.59. The summed E-state index contributed by atoms with van der Waals surface area (Å²) in [6, 6.07) is 15.7. The van der Waals surface area contributed by atoms with Gasteiger partial charge in [-0.2, -0.15) is 0 Å². The Labute approximate surface area is 182 Å². The first-order chi connectivity index (χ1) is 15.1. The van der Waals surface area contributed by atoms with E-state index in [9.17, 15) is 8.42 Å². The number of piperazine rings is 1. The molecule has 0 N–H and O–H groups in total. The largest absolute Gasteiger partial charge is 0.354 e. The first-order valence-electron chi connectivity index (χ1n) is 10.7. The monoisotopic (exact) mass is 438 g/mol. The van der Waals surface area contributed by atoms with Crippen molar-refractivity contribution >= 4 is 15.7 Å². The van der Waals surface area contributed by atoms with Gasteiger partial charge in [0.1, 0.15) is 5.82 Å². The van der Waals surface area contributed by atoms with Crippen LogP contribution in [0.15, 0.2) is 54.7 Å². The summed E-state index contributed by atoms with van der Waals surface area (Å²) in [6.45, 7) is 4.24. The van der Waals surface area contributed by atoms with Crippen LogP contribution in [0, 0.1) is 0 Å². The van der Waals surface area contributed by atoms with Crippen LogP contribution in [-0.4, -0.2) is 64.7 Å². The zero-order valence-electron chi connectivity index (χ0n) is 17.3. The molecule has 3 aromatic rings. The zero-order chi connectivity index (χ0) is 21.3. The van der Waals surface area contributed by atoms with Crippen LogP contribution in [0.4, 0.5) is 5.82 Å². The zero-order valence-corrected chi connectivity index (χ0v) is 18.2. The molecule has 162 valence electrons. The molecule has 0 radical (unpaired) electrons. The summed E-state index contributed by atoms with van der Waals surface area (Å²) in [7, 11) is -3.05. The topological polar surface area (TPSA) is 84.2 Å². The fraction of sp³-hybridized carbons (Fsp3) is 0.409. The maximum Gasteiger partial charge on any atom is 0.158 e. The third-order valence-electron chi connectivity index (χ3n) is 5.82. The van der Waals surface area contributed by atoms with Crippen LogP contribution in [-0.2, 0) is 22.1 Å². The van der Waals surface area contributed by atoms with E-state index >= 15 is 0 Å². The van der Waals surface area contributed by atoms with E-state index in [-0.39, 0.29) is 11.0 Å². The predicted octanol–water partition coefficient (Wildman–Crippen LogP) is 2.06. The van der Waals surface area contributed by atoms with Gasteiger partial charge in [-0.3, -0.25) is 4.90 Å². The van der Waals surface area contributed by atoms with Gasteiger partial charge in [0.25, 0.3) is 0 Å². The molecule has 0 spiro atoms. The summed E-state index contributed by atoms with van der Waals surface area (Å²) in [4.78, 5) is 9.23. The third-order valence-corrected chi connectivity index (χ3v) is 8.00. The Bertz CT molecular complexity index is 1140. The van der Waals surface area contributed by atoms with Gasteiger partial charge in [-0.1, -0.05) is 29.5 Å². The average molecular weight is 439 g/mol. The molecular weight excluding hydrogens is 412 g/mol. The summed E-state index contributed by atoms with van der Waals surface area (Å²) >= 11 is 0. The lowest BCUT2D eigenvalue weighted by Crippen LogP contribution is -2.46. The summed E-state index contributed by atoms with van der Waals surface area (Å²) in [5.74, 6) is 0.904. The van der Waals surface area contributed by atoms with Crippen molar-refractivity contribution < 1.29 is 8.42 Å². The van der Waals surface area contributed by atoms with Gasteiger partial charge in [0.05, 0.1) is 34.3 Å². The van der Waals surface area contributed by atoms with Crippen molar-refractivity contribution in [3.05, 3.63) is 66.1 Å². The summed E-state index contributed by atoms with van der Waals surface area (Å²) < 4.78 is 26.4. The number of nitrogens with zero attached hydrogens (tertiary/aromatic N) is 6. The Morgan fingerprint density at radius 2 is 1.68 bits per heavy atom. The van der Waals surface area contributed by atoms with Crippen molar-refractivity contribution in [3.63, 3.8) is 0 Å². The van der Waals surface area contributed by atoms with E-state index in [1.165, 1.54) is 0 Å². The van der Waals surface area contributed by atoms with Crippen molar-refractivity contribution in [2.75, 3.05) is 31.1 Å². The van der Waals surface area contributed by atoms with E-state index in [1.807, 2.05) is 54.7 Å². The lowest BCUT2D eigenvalue weighted by atomic mass is 10.2. The molecular formula is C22H26N6O2S. The molecule has 9 heteroatoms. The summed E-state index contributed by atoms with van der Waals surface area (Å²) in [5, 5.41) is 8.41. The second kappa shape index (κ2) is 8.39. The highest BCUT2D eigenvalue weighted by molar-refractivity contribution is 7.91. The van der Waals surface area contributed by atoms with Gasteiger partial charge in [-0.15, -0.1) is 5.10 Å². The molecule has 2 fully saturated rings. The molecule has 0 amide bonds. The number of aromatic nitrogens is 4. The smallest absolute Gasteiger partial charge is 0.158 e. The highest BCUT2D eigenvalue weighted by atomic mass is 32.2.